The molecule has 0 amide bonds. The van der Waals surface area contributed by atoms with Crippen molar-refractivity contribution in [3.63, 3.8) is 0 Å². The molecular formula is C12H15N3O3S2. The second-order valence-corrected chi connectivity index (χ2v) is 6.94. The van der Waals surface area contributed by atoms with Gasteiger partial charge in [0.05, 0.1) is 24.7 Å². The lowest BCUT2D eigenvalue weighted by molar-refractivity contribution is 0.312. The Labute approximate surface area is 121 Å². The fourth-order valence-electron chi connectivity index (χ4n) is 1.47. The van der Waals surface area contributed by atoms with E-state index in [1.165, 1.54) is 23.7 Å². The van der Waals surface area contributed by atoms with Crippen LogP contribution in [0.1, 0.15) is 18.7 Å². The largest absolute Gasteiger partial charge is 0.464 e. The normalized spacial score (nSPS) is 11.3. The molecule has 20 heavy (non-hydrogen) atoms. The predicted molar refractivity (Wildman–Crippen MR) is 77.7 cm³/mol. The minimum Gasteiger partial charge on any atom is -0.464 e. The molecular weight excluding hydrogens is 298 g/mol. The lowest BCUT2D eigenvalue weighted by Gasteiger charge is -2.06. The van der Waals surface area contributed by atoms with Crippen molar-refractivity contribution in [1.82, 2.24) is 9.97 Å². The lowest BCUT2D eigenvalue weighted by atomic mass is 10.4. The van der Waals surface area contributed by atoms with E-state index in [4.69, 9.17) is 4.74 Å². The third kappa shape index (κ3) is 3.45. The van der Waals surface area contributed by atoms with Crippen LogP contribution in [0.25, 0.3) is 0 Å². The Morgan fingerprint density at radius 2 is 1.95 bits per heavy atom. The molecule has 0 aliphatic rings. The van der Waals surface area contributed by atoms with Crippen LogP contribution in [0.2, 0.25) is 0 Å². The van der Waals surface area contributed by atoms with Crippen molar-refractivity contribution < 1.29 is 13.2 Å². The minimum absolute atomic E-state index is 0.222. The number of hydrogen-bond donors (Lipinski definition) is 1. The summed E-state index contributed by atoms with van der Waals surface area (Å²) in [5.41, 5.74) is 0.305. The summed E-state index contributed by atoms with van der Waals surface area (Å²) in [5, 5.41) is 0. The molecule has 2 aromatic heterocycles. The number of thiophene rings is 1. The van der Waals surface area contributed by atoms with Gasteiger partial charge in [0.15, 0.2) is 0 Å². The summed E-state index contributed by atoms with van der Waals surface area (Å²) in [6, 6.07) is 3.63. The number of ether oxygens (including phenoxy) is 1. The molecule has 2 aromatic rings. The topological polar surface area (TPSA) is 81.2 Å². The summed E-state index contributed by atoms with van der Waals surface area (Å²) >= 11 is 1.25. The maximum Gasteiger partial charge on any atom is 0.316 e. The van der Waals surface area contributed by atoms with E-state index < -0.39 is 10.0 Å². The molecule has 0 aromatic carbocycles. The zero-order chi connectivity index (χ0) is 14.6. The smallest absolute Gasteiger partial charge is 0.316 e. The first kappa shape index (κ1) is 14.7. The first-order valence-corrected chi connectivity index (χ1v) is 8.41. The van der Waals surface area contributed by atoms with Crippen LogP contribution in [-0.2, 0) is 16.4 Å². The van der Waals surface area contributed by atoms with Gasteiger partial charge in [0.25, 0.3) is 10.0 Å². The molecule has 2 rings (SSSR count). The summed E-state index contributed by atoms with van der Waals surface area (Å²) in [7, 11) is -3.58. The first-order chi connectivity index (χ1) is 9.55. The maximum atomic E-state index is 12.2. The van der Waals surface area contributed by atoms with Crippen LogP contribution in [0.15, 0.2) is 28.7 Å². The van der Waals surface area contributed by atoms with E-state index in [1.54, 1.807) is 6.07 Å². The highest BCUT2D eigenvalue weighted by Crippen LogP contribution is 2.24. The van der Waals surface area contributed by atoms with Crippen molar-refractivity contribution >= 4 is 27.0 Å². The molecule has 0 unspecified atom stereocenters. The zero-order valence-corrected chi connectivity index (χ0v) is 12.8. The van der Waals surface area contributed by atoms with E-state index >= 15 is 0 Å². The van der Waals surface area contributed by atoms with Gasteiger partial charge in [-0.2, -0.15) is 0 Å². The Morgan fingerprint density at radius 1 is 1.25 bits per heavy atom. The molecule has 8 heteroatoms. The van der Waals surface area contributed by atoms with E-state index in [1.807, 2.05) is 19.9 Å². The number of anilines is 1. The molecule has 0 fully saturated rings. The quantitative estimate of drug-likeness (QED) is 0.885. The molecule has 0 aliphatic heterocycles. The molecule has 1 N–H and O–H groups in total. The van der Waals surface area contributed by atoms with Crippen LogP contribution in [0.4, 0.5) is 5.69 Å². The van der Waals surface area contributed by atoms with Crippen LogP contribution in [-0.4, -0.2) is 25.0 Å². The Kier molecular flexibility index (Phi) is 4.56. The summed E-state index contributed by atoms with van der Waals surface area (Å²) < 4.78 is 32.1. The van der Waals surface area contributed by atoms with Crippen LogP contribution in [0.5, 0.6) is 6.01 Å². The molecule has 108 valence electrons. The monoisotopic (exact) mass is 313 g/mol. The third-order valence-corrected chi connectivity index (χ3v) is 5.51. The van der Waals surface area contributed by atoms with Gasteiger partial charge in [0.1, 0.15) is 4.21 Å². The van der Waals surface area contributed by atoms with E-state index in [2.05, 4.69) is 14.7 Å². The Morgan fingerprint density at radius 3 is 2.50 bits per heavy atom. The summed E-state index contributed by atoms with van der Waals surface area (Å²) in [5.74, 6) is 0. The lowest BCUT2D eigenvalue weighted by Crippen LogP contribution is -2.12. The van der Waals surface area contributed by atoms with E-state index in [0.29, 0.717) is 12.3 Å². The second-order valence-electron chi connectivity index (χ2n) is 3.87. The highest BCUT2D eigenvalue weighted by Gasteiger charge is 2.17. The molecule has 0 atom stereocenters. The zero-order valence-electron chi connectivity index (χ0n) is 11.2. The molecule has 0 aliphatic carbocycles. The Bertz CT molecular complexity index is 666. The van der Waals surface area contributed by atoms with Gasteiger partial charge in [-0.05, 0) is 25.5 Å². The fourth-order valence-corrected chi connectivity index (χ4v) is 3.79. The first-order valence-electron chi connectivity index (χ1n) is 6.11. The molecule has 0 spiro atoms. The number of nitrogens with one attached hydrogen (secondary N) is 1. The van der Waals surface area contributed by atoms with Crippen LogP contribution < -0.4 is 9.46 Å². The number of hydrogen-bond acceptors (Lipinski definition) is 6. The van der Waals surface area contributed by atoms with Crippen LogP contribution in [0.3, 0.4) is 0 Å². The van der Waals surface area contributed by atoms with Gasteiger partial charge in [-0.25, -0.2) is 18.4 Å². The number of aromatic nitrogens is 2. The minimum atomic E-state index is -3.58. The molecule has 0 saturated carbocycles. The molecule has 6 nitrogen and oxygen atoms in total. The number of aryl methyl sites for hydroxylation is 1. The van der Waals surface area contributed by atoms with Crippen molar-refractivity contribution in [3.05, 3.63) is 29.4 Å². The van der Waals surface area contributed by atoms with Gasteiger partial charge < -0.3 is 4.74 Å². The SMILES string of the molecule is CCOc1ncc(NS(=O)(=O)c2ccc(CC)s2)cn1. The van der Waals surface area contributed by atoms with Crippen molar-refractivity contribution in [1.29, 1.82) is 0 Å². The van der Waals surface area contributed by atoms with Crippen LogP contribution in [0, 0.1) is 0 Å². The molecule has 0 bridgehead atoms. The maximum absolute atomic E-state index is 12.2. The van der Waals surface area contributed by atoms with E-state index in [9.17, 15) is 8.42 Å². The Balaban J connectivity index is 2.15. The molecule has 0 saturated heterocycles. The van der Waals surface area contributed by atoms with Gasteiger partial charge in [0, 0.05) is 4.88 Å². The summed E-state index contributed by atoms with van der Waals surface area (Å²) in [6.45, 7) is 4.26. The average Bonchev–Trinajstić information content (AvgIpc) is 2.91. The highest BCUT2D eigenvalue weighted by atomic mass is 32.2. The number of nitrogens with zero attached hydrogens (tertiary/aromatic N) is 2. The fraction of sp³-hybridized carbons (Fsp3) is 0.333. The average molecular weight is 313 g/mol. The second kappa shape index (κ2) is 6.19. The predicted octanol–water partition coefficient (Wildman–Crippen LogP) is 2.30. The summed E-state index contributed by atoms with van der Waals surface area (Å²) in [6.07, 6.45) is 3.57. The van der Waals surface area contributed by atoms with Crippen molar-refractivity contribution in [2.24, 2.45) is 0 Å². The standard InChI is InChI=1S/C12H15N3O3S2/c1-3-10-5-6-11(19-10)20(16,17)15-9-7-13-12(14-8-9)18-4-2/h5-8,15H,3-4H2,1-2H3. The van der Waals surface area contributed by atoms with Crippen LogP contribution >= 0.6 is 11.3 Å². The van der Waals surface area contributed by atoms with E-state index in [0.717, 1.165) is 11.3 Å². The summed E-state index contributed by atoms with van der Waals surface area (Å²) in [4.78, 5) is 8.84. The van der Waals surface area contributed by atoms with Gasteiger partial charge in [-0.1, -0.05) is 6.92 Å². The van der Waals surface area contributed by atoms with Crippen molar-refractivity contribution in [3.8, 4) is 6.01 Å². The Hall–Kier alpha value is -1.67. The van der Waals surface area contributed by atoms with Crippen molar-refractivity contribution in [2.75, 3.05) is 11.3 Å². The van der Waals surface area contributed by atoms with Gasteiger partial charge in [0.2, 0.25) is 0 Å². The molecule has 2 heterocycles. The van der Waals surface area contributed by atoms with Crippen molar-refractivity contribution in [2.45, 2.75) is 24.5 Å². The highest BCUT2D eigenvalue weighted by molar-refractivity contribution is 7.94. The third-order valence-electron chi connectivity index (χ3n) is 2.40. The van der Waals surface area contributed by atoms with Gasteiger partial charge >= 0.3 is 6.01 Å². The number of rotatable bonds is 6. The van der Waals surface area contributed by atoms with Gasteiger partial charge in [-0.15, -0.1) is 11.3 Å². The number of sulfonamides is 1. The van der Waals surface area contributed by atoms with E-state index in [-0.39, 0.29) is 10.2 Å². The molecule has 0 radical (unpaired) electrons. The van der Waals surface area contributed by atoms with Gasteiger partial charge in [-0.3, -0.25) is 4.72 Å².